The molecule has 0 aliphatic rings. The summed E-state index contributed by atoms with van der Waals surface area (Å²) in [5.41, 5.74) is 2.23. The summed E-state index contributed by atoms with van der Waals surface area (Å²) in [5.74, 6) is 0. The zero-order valence-corrected chi connectivity index (χ0v) is 11.3. The molecule has 2 aromatic rings. The van der Waals surface area contributed by atoms with Gasteiger partial charge >= 0.3 is 0 Å². The molecule has 16 heavy (non-hydrogen) atoms. The maximum Gasteiger partial charge on any atom is 0.0898 e. The molecule has 1 N–H and O–H groups in total. The Balaban J connectivity index is 1.91. The summed E-state index contributed by atoms with van der Waals surface area (Å²) in [6.45, 7) is 7.00. The monoisotopic (exact) mass is 253 g/mol. The van der Waals surface area contributed by atoms with Crippen LogP contribution in [0.3, 0.4) is 0 Å². The topological polar surface area (TPSA) is 37.8 Å². The van der Waals surface area contributed by atoms with Crippen molar-refractivity contribution in [2.45, 2.75) is 33.4 Å². The zero-order valence-electron chi connectivity index (χ0n) is 9.65. The predicted molar refractivity (Wildman–Crippen MR) is 69.0 cm³/mol. The van der Waals surface area contributed by atoms with Gasteiger partial charge in [0.15, 0.2) is 0 Å². The van der Waals surface area contributed by atoms with Crippen molar-refractivity contribution in [3.8, 4) is 0 Å². The van der Waals surface area contributed by atoms with E-state index in [9.17, 15) is 0 Å². The van der Waals surface area contributed by atoms with Crippen molar-refractivity contribution in [1.82, 2.24) is 15.3 Å². The fourth-order valence-corrected chi connectivity index (χ4v) is 2.75. The van der Waals surface area contributed by atoms with Crippen molar-refractivity contribution in [3.05, 3.63) is 32.2 Å². The second kappa shape index (κ2) is 5.03. The SMILES string of the molecule is Cc1nc(CNC(C)c2csc(C)n2)cs1. The quantitative estimate of drug-likeness (QED) is 0.910. The summed E-state index contributed by atoms with van der Waals surface area (Å²) in [4.78, 5) is 8.89. The van der Waals surface area contributed by atoms with Gasteiger partial charge in [-0.05, 0) is 20.8 Å². The number of hydrogen-bond acceptors (Lipinski definition) is 5. The van der Waals surface area contributed by atoms with Gasteiger partial charge in [-0.25, -0.2) is 9.97 Å². The zero-order chi connectivity index (χ0) is 11.5. The molecule has 1 atom stereocenters. The molecule has 0 aliphatic carbocycles. The summed E-state index contributed by atoms with van der Waals surface area (Å²) in [7, 11) is 0. The molecule has 2 heterocycles. The molecule has 0 spiro atoms. The van der Waals surface area contributed by atoms with Crippen LogP contribution in [-0.2, 0) is 6.54 Å². The average molecular weight is 253 g/mol. The van der Waals surface area contributed by atoms with Crippen LogP contribution in [0.15, 0.2) is 10.8 Å². The van der Waals surface area contributed by atoms with Crippen molar-refractivity contribution < 1.29 is 0 Å². The minimum absolute atomic E-state index is 0.284. The van der Waals surface area contributed by atoms with E-state index in [0.717, 1.165) is 27.9 Å². The van der Waals surface area contributed by atoms with Gasteiger partial charge in [-0.3, -0.25) is 0 Å². The van der Waals surface area contributed by atoms with Gasteiger partial charge in [0.2, 0.25) is 0 Å². The van der Waals surface area contributed by atoms with E-state index < -0.39 is 0 Å². The smallest absolute Gasteiger partial charge is 0.0898 e. The number of aromatic nitrogens is 2. The third kappa shape index (κ3) is 2.87. The Morgan fingerprint density at radius 3 is 2.44 bits per heavy atom. The molecule has 0 saturated carbocycles. The van der Waals surface area contributed by atoms with Crippen LogP contribution in [0, 0.1) is 13.8 Å². The number of hydrogen-bond donors (Lipinski definition) is 1. The Morgan fingerprint density at radius 2 is 1.88 bits per heavy atom. The molecule has 3 nitrogen and oxygen atoms in total. The Hall–Kier alpha value is -0.780. The lowest BCUT2D eigenvalue weighted by Gasteiger charge is -2.09. The number of nitrogens with one attached hydrogen (secondary N) is 1. The Bertz CT molecular complexity index is 461. The van der Waals surface area contributed by atoms with Crippen molar-refractivity contribution in [2.75, 3.05) is 0 Å². The van der Waals surface area contributed by atoms with Gasteiger partial charge in [0.25, 0.3) is 0 Å². The van der Waals surface area contributed by atoms with Crippen LogP contribution in [-0.4, -0.2) is 9.97 Å². The molecule has 2 rings (SSSR count). The minimum Gasteiger partial charge on any atom is -0.303 e. The fourth-order valence-electron chi connectivity index (χ4n) is 1.43. The van der Waals surface area contributed by atoms with Gasteiger partial charge in [0, 0.05) is 23.3 Å². The third-order valence-corrected chi connectivity index (χ3v) is 3.95. The van der Waals surface area contributed by atoms with Crippen molar-refractivity contribution in [1.29, 1.82) is 0 Å². The van der Waals surface area contributed by atoms with Crippen molar-refractivity contribution in [3.63, 3.8) is 0 Å². The largest absolute Gasteiger partial charge is 0.303 e. The maximum atomic E-state index is 4.47. The van der Waals surface area contributed by atoms with Crippen molar-refractivity contribution in [2.24, 2.45) is 0 Å². The summed E-state index contributed by atoms with van der Waals surface area (Å²) in [5, 5.41) is 9.88. The van der Waals surface area contributed by atoms with Crippen LogP contribution >= 0.6 is 22.7 Å². The second-order valence-corrected chi connectivity index (χ2v) is 5.88. The van der Waals surface area contributed by atoms with E-state index in [1.54, 1.807) is 22.7 Å². The molecule has 86 valence electrons. The first kappa shape index (κ1) is 11.7. The first-order chi connectivity index (χ1) is 7.65. The second-order valence-electron chi connectivity index (χ2n) is 3.75. The number of rotatable bonds is 4. The van der Waals surface area contributed by atoms with E-state index >= 15 is 0 Å². The number of aryl methyl sites for hydroxylation is 2. The van der Waals surface area contributed by atoms with Gasteiger partial charge in [-0.2, -0.15) is 0 Å². The maximum absolute atomic E-state index is 4.47. The first-order valence-electron chi connectivity index (χ1n) is 5.21. The standard InChI is InChI=1S/C11H15N3S2/c1-7(11-6-16-9(3)14-11)12-4-10-5-15-8(2)13-10/h5-7,12H,4H2,1-3H3. The molecule has 0 bridgehead atoms. The summed E-state index contributed by atoms with van der Waals surface area (Å²) in [6.07, 6.45) is 0. The Labute approximate surface area is 104 Å². The highest BCUT2D eigenvalue weighted by Crippen LogP contribution is 2.16. The van der Waals surface area contributed by atoms with E-state index in [4.69, 9.17) is 0 Å². The molecule has 2 aromatic heterocycles. The number of nitrogens with zero attached hydrogens (tertiary/aromatic N) is 2. The van der Waals surface area contributed by atoms with Crippen LogP contribution in [0.2, 0.25) is 0 Å². The highest BCUT2D eigenvalue weighted by molar-refractivity contribution is 7.09. The summed E-state index contributed by atoms with van der Waals surface area (Å²) >= 11 is 3.39. The molecular weight excluding hydrogens is 238 g/mol. The lowest BCUT2D eigenvalue weighted by atomic mass is 10.2. The van der Waals surface area contributed by atoms with Crippen molar-refractivity contribution >= 4 is 22.7 Å². The molecule has 0 aromatic carbocycles. The number of thiazole rings is 2. The lowest BCUT2D eigenvalue weighted by Crippen LogP contribution is -2.18. The summed E-state index contributed by atoms with van der Waals surface area (Å²) < 4.78 is 0. The minimum atomic E-state index is 0.284. The first-order valence-corrected chi connectivity index (χ1v) is 6.97. The van der Waals surface area contributed by atoms with Crippen LogP contribution in [0.4, 0.5) is 0 Å². The van der Waals surface area contributed by atoms with Gasteiger partial charge in [-0.15, -0.1) is 22.7 Å². The highest BCUT2D eigenvalue weighted by atomic mass is 32.1. The molecule has 0 radical (unpaired) electrons. The van der Waals surface area contributed by atoms with E-state index in [-0.39, 0.29) is 6.04 Å². The molecule has 0 aliphatic heterocycles. The van der Waals surface area contributed by atoms with E-state index in [1.165, 1.54) is 0 Å². The van der Waals surface area contributed by atoms with Crippen LogP contribution < -0.4 is 5.32 Å². The highest BCUT2D eigenvalue weighted by Gasteiger charge is 2.08. The van der Waals surface area contributed by atoms with E-state index in [2.05, 4.69) is 33.0 Å². The average Bonchev–Trinajstić information content (AvgIpc) is 2.84. The molecule has 5 heteroatoms. The Morgan fingerprint density at radius 1 is 1.19 bits per heavy atom. The van der Waals surface area contributed by atoms with Crippen LogP contribution in [0.1, 0.15) is 34.4 Å². The fraction of sp³-hybridized carbons (Fsp3) is 0.455. The third-order valence-electron chi connectivity index (χ3n) is 2.34. The van der Waals surface area contributed by atoms with E-state index in [0.29, 0.717) is 0 Å². The van der Waals surface area contributed by atoms with E-state index in [1.807, 2.05) is 13.8 Å². The summed E-state index contributed by atoms with van der Waals surface area (Å²) in [6, 6.07) is 0.284. The Kier molecular flexibility index (Phi) is 3.68. The lowest BCUT2D eigenvalue weighted by molar-refractivity contribution is 0.558. The van der Waals surface area contributed by atoms with Gasteiger partial charge in [0.05, 0.1) is 21.4 Å². The van der Waals surface area contributed by atoms with Gasteiger partial charge < -0.3 is 5.32 Å². The van der Waals surface area contributed by atoms with Crippen LogP contribution in [0.25, 0.3) is 0 Å². The molecule has 0 amide bonds. The van der Waals surface area contributed by atoms with Gasteiger partial charge in [-0.1, -0.05) is 0 Å². The molecular formula is C11H15N3S2. The van der Waals surface area contributed by atoms with Gasteiger partial charge in [0.1, 0.15) is 0 Å². The van der Waals surface area contributed by atoms with Crippen LogP contribution in [0.5, 0.6) is 0 Å². The molecule has 0 saturated heterocycles. The molecule has 1 unspecified atom stereocenters. The molecule has 0 fully saturated rings. The predicted octanol–water partition coefficient (Wildman–Crippen LogP) is 3.07. The normalized spacial score (nSPS) is 12.9.